The van der Waals surface area contributed by atoms with Gasteiger partial charge in [-0.15, -0.1) is 0 Å². The first kappa shape index (κ1) is 20.3. The van der Waals surface area contributed by atoms with E-state index in [1.165, 1.54) is 11.3 Å². The van der Waals surface area contributed by atoms with Crippen molar-refractivity contribution in [2.24, 2.45) is 0 Å². The summed E-state index contributed by atoms with van der Waals surface area (Å²) in [4.78, 5) is 17.4. The summed E-state index contributed by atoms with van der Waals surface area (Å²) in [6, 6.07) is 11.2. The Morgan fingerprint density at radius 1 is 1.23 bits per heavy atom. The van der Waals surface area contributed by atoms with Crippen LogP contribution < -0.4 is 10.1 Å². The third-order valence-corrected chi connectivity index (χ3v) is 6.94. The van der Waals surface area contributed by atoms with Gasteiger partial charge in [0.25, 0.3) is 0 Å². The average Bonchev–Trinajstić information content (AvgIpc) is 3.28. The van der Waals surface area contributed by atoms with Crippen LogP contribution in [0.3, 0.4) is 0 Å². The number of halogens is 2. The van der Waals surface area contributed by atoms with Crippen molar-refractivity contribution in [2.75, 3.05) is 11.9 Å². The van der Waals surface area contributed by atoms with Crippen molar-refractivity contribution in [3.63, 3.8) is 0 Å². The molecule has 1 atom stereocenters. The average molecular weight is 473 g/mol. The second-order valence-electron chi connectivity index (χ2n) is 7.26. The van der Waals surface area contributed by atoms with E-state index >= 15 is 0 Å². The van der Waals surface area contributed by atoms with Crippen molar-refractivity contribution in [2.45, 2.75) is 26.2 Å². The summed E-state index contributed by atoms with van der Waals surface area (Å²) in [6.45, 7) is 4.47. The molecule has 3 heterocycles. The van der Waals surface area contributed by atoms with Gasteiger partial charge in [0.2, 0.25) is 11.0 Å². The largest absolute Gasteiger partial charge is 0.494 e. The summed E-state index contributed by atoms with van der Waals surface area (Å²) >= 11 is 14.5. The molecule has 0 spiro atoms. The number of aryl methyl sites for hydroxylation is 1. The minimum Gasteiger partial charge on any atom is -0.494 e. The van der Waals surface area contributed by atoms with Crippen LogP contribution in [0.4, 0.5) is 5.82 Å². The number of hydrogen-bond acceptors (Lipinski definition) is 5. The molecule has 0 aliphatic carbocycles. The van der Waals surface area contributed by atoms with Gasteiger partial charge >= 0.3 is 0 Å². The smallest absolute Gasteiger partial charge is 0.226 e. The molecule has 0 radical (unpaired) electrons. The minimum absolute atomic E-state index is 0.116. The van der Waals surface area contributed by atoms with E-state index in [4.69, 9.17) is 38.0 Å². The molecule has 31 heavy (non-hydrogen) atoms. The van der Waals surface area contributed by atoms with Crippen molar-refractivity contribution in [3.05, 3.63) is 63.3 Å². The number of carbonyl (C=O) groups excluding carboxylic acids is 1. The quantitative estimate of drug-likeness (QED) is 0.397. The lowest BCUT2D eigenvalue weighted by Gasteiger charge is -2.25. The number of nitrogens with zero attached hydrogens (tertiary/aromatic N) is 3. The highest BCUT2D eigenvalue weighted by atomic mass is 35.5. The summed E-state index contributed by atoms with van der Waals surface area (Å²) in [7, 11) is 0. The summed E-state index contributed by atoms with van der Waals surface area (Å²) < 4.78 is 8.28. The maximum atomic E-state index is 12.6. The number of ether oxygens (including phenoxy) is 1. The Balaban J connectivity index is 1.65. The fraction of sp³-hybridized carbons (Fsp3) is 0.227. The number of fused-ring (bicyclic) bond motifs is 2. The van der Waals surface area contributed by atoms with E-state index < -0.39 is 0 Å². The summed E-state index contributed by atoms with van der Waals surface area (Å²) in [5.41, 5.74) is 3.29. The first-order valence-corrected chi connectivity index (χ1v) is 11.4. The summed E-state index contributed by atoms with van der Waals surface area (Å²) in [5.74, 6) is 1.01. The van der Waals surface area contributed by atoms with Crippen LogP contribution in [-0.4, -0.2) is 27.3 Å². The Hall–Kier alpha value is -2.61. The number of hydrogen-bond donors (Lipinski definition) is 1. The Bertz CT molecular complexity index is 1310. The van der Waals surface area contributed by atoms with Crippen LogP contribution >= 0.6 is 34.5 Å². The molecular weight excluding hydrogens is 455 g/mol. The van der Waals surface area contributed by atoms with E-state index in [0.29, 0.717) is 27.6 Å². The summed E-state index contributed by atoms with van der Waals surface area (Å²) in [6.07, 6.45) is 0.251. The first-order chi connectivity index (χ1) is 15.0. The van der Waals surface area contributed by atoms with Gasteiger partial charge in [0.15, 0.2) is 0 Å². The van der Waals surface area contributed by atoms with E-state index in [9.17, 15) is 4.79 Å². The Morgan fingerprint density at radius 2 is 2.00 bits per heavy atom. The topological polar surface area (TPSA) is 69.0 Å². The molecule has 0 fully saturated rings. The lowest BCUT2D eigenvalue weighted by molar-refractivity contribution is -0.116. The van der Waals surface area contributed by atoms with Crippen LogP contribution in [0.1, 0.15) is 36.1 Å². The number of rotatable bonds is 4. The highest BCUT2D eigenvalue weighted by molar-refractivity contribution is 7.20. The molecule has 5 rings (SSSR count). The van der Waals surface area contributed by atoms with Crippen molar-refractivity contribution in [3.8, 4) is 10.9 Å². The predicted octanol–water partition coefficient (Wildman–Crippen LogP) is 5.97. The Labute approximate surface area is 192 Å². The van der Waals surface area contributed by atoms with Crippen molar-refractivity contribution in [1.29, 1.82) is 0 Å². The molecule has 6 nitrogen and oxygen atoms in total. The molecule has 0 saturated carbocycles. The molecule has 1 aliphatic heterocycles. The van der Waals surface area contributed by atoms with Crippen LogP contribution in [0.25, 0.3) is 15.3 Å². The molecule has 0 saturated heterocycles. The zero-order chi connectivity index (χ0) is 21.7. The van der Waals surface area contributed by atoms with Crippen molar-refractivity contribution in [1.82, 2.24) is 14.8 Å². The number of benzene rings is 2. The second kappa shape index (κ2) is 7.82. The van der Waals surface area contributed by atoms with Gasteiger partial charge in [-0.1, -0.05) is 40.6 Å². The van der Waals surface area contributed by atoms with E-state index in [0.717, 1.165) is 32.8 Å². The van der Waals surface area contributed by atoms with Gasteiger partial charge in [0.05, 0.1) is 22.5 Å². The first-order valence-electron chi connectivity index (χ1n) is 9.83. The highest BCUT2D eigenvalue weighted by Crippen LogP contribution is 2.45. The Kier molecular flexibility index (Phi) is 5.12. The number of aromatic nitrogens is 3. The van der Waals surface area contributed by atoms with Gasteiger partial charge in [-0.3, -0.25) is 4.79 Å². The maximum absolute atomic E-state index is 12.6. The van der Waals surface area contributed by atoms with Gasteiger partial charge in [-0.05, 0) is 49.7 Å². The molecular formula is C22H18Cl2N4O2S. The molecule has 158 valence electrons. The lowest BCUT2D eigenvalue weighted by Crippen LogP contribution is -2.25. The lowest BCUT2D eigenvalue weighted by atomic mass is 9.85. The molecule has 1 aliphatic rings. The van der Waals surface area contributed by atoms with Gasteiger partial charge in [0, 0.05) is 27.9 Å². The normalized spacial score (nSPS) is 15.7. The SMILES string of the molecule is CCOc1ccc2nc(-n3nc(C)c4c3NC(=O)C[C@H]4c3c(Cl)cccc3Cl)sc2c1. The number of thiazole rings is 1. The monoisotopic (exact) mass is 472 g/mol. The van der Waals surface area contributed by atoms with E-state index in [1.54, 1.807) is 22.9 Å². The van der Waals surface area contributed by atoms with Gasteiger partial charge in [-0.25, -0.2) is 4.98 Å². The zero-order valence-corrected chi connectivity index (χ0v) is 19.1. The van der Waals surface area contributed by atoms with Gasteiger partial charge in [-0.2, -0.15) is 9.78 Å². The Morgan fingerprint density at radius 3 is 2.74 bits per heavy atom. The van der Waals surface area contributed by atoms with Crippen LogP contribution in [0.15, 0.2) is 36.4 Å². The standard InChI is InChI=1S/C22H18Cl2N4O2S/c1-3-30-12-7-8-16-17(9-12)31-22(25-16)28-21-19(11(2)27-28)13(10-18(29)26-21)20-14(23)5-4-6-15(20)24/h4-9,13H,3,10H2,1-2H3,(H,26,29)/t13-/m1/s1. The molecule has 1 N–H and O–H groups in total. The minimum atomic E-state index is -0.280. The van der Waals surface area contributed by atoms with Crippen LogP contribution in [0.5, 0.6) is 5.75 Å². The molecule has 2 aromatic heterocycles. The third-order valence-electron chi connectivity index (χ3n) is 5.29. The van der Waals surface area contributed by atoms with E-state index in [-0.39, 0.29) is 18.2 Å². The molecule has 9 heteroatoms. The molecule has 0 bridgehead atoms. The maximum Gasteiger partial charge on any atom is 0.226 e. The van der Waals surface area contributed by atoms with E-state index in [2.05, 4.69) is 5.32 Å². The number of anilines is 1. The number of amides is 1. The highest BCUT2D eigenvalue weighted by Gasteiger charge is 2.35. The third kappa shape index (κ3) is 3.46. The second-order valence-corrected chi connectivity index (χ2v) is 9.08. The zero-order valence-electron chi connectivity index (χ0n) is 16.8. The van der Waals surface area contributed by atoms with Crippen molar-refractivity contribution < 1.29 is 9.53 Å². The fourth-order valence-corrected chi connectivity index (χ4v) is 5.63. The van der Waals surface area contributed by atoms with Gasteiger partial charge < -0.3 is 10.1 Å². The van der Waals surface area contributed by atoms with E-state index in [1.807, 2.05) is 32.0 Å². The van der Waals surface area contributed by atoms with Crippen molar-refractivity contribution >= 4 is 56.5 Å². The predicted molar refractivity (Wildman–Crippen MR) is 124 cm³/mol. The fourth-order valence-electron chi connectivity index (χ4n) is 4.02. The van der Waals surface area contributed by atoms with Crippen LogP contribution in [0.2, 0.25) is 10.0 Å². The summed E-state index contributed by atoms with van der Waals surface area (Å²) in [5, 5.41) is 9.44. The molecule has 0 unspecified atom stereocenters. The number of carbonyl (C=O) groups is 1. The van der Waals surface area contributed by atoms with Crippen LogP contribution in [-0.2, 0) is 4.79 Å². The van der Waals surface area contributed by atoms with Gasteiger partial charge in [0.1, 0.15) is 11.6 Å². The van der Waals surface area contributed by atoms with Crippen LogP contribution in [0, 0.1) is 6.92 Å². The molecule has 4 aromatic rings. The number of nitrogens with one attached hydrogen (secondary N) is 1. The molecule has 2 aromatic carbocycles. The molecule has 1 amide bonds.